The topological polar surface area (TPSA) is 46.5 Å². The van der Waals surface area contributed by atoms with Gasteiger partial charge in [-0.25, -0.2) is 0 Å². The van der Waals surface area contributed by atoms with Gasteiger partial charge in [-0.15, -0.1) is 0 Å². The SMILES string of the molecule is CC(=O)Oc1c(C)cc(C(C)(C)c2cc(C)c(O)c(C)c2)cc1C. The molecule has 0 radical (unpaired) electrons. The van der Waals surface area contributed by atoms with Gasteiger partial charge in [-0.05, 0) is 61.1 Å². The smallest absolute Gasteiger partial charge is 0.308 e. The van der Waals surface area contributed by atoms with E-state index in [2.05, 4.69) is 26.0 Å². The molecule has 1 N–H and O–H groups in total. The Hall–Kier alpha value is -2.29. The number of phenolic OH excluding ortho intramolecular Hbond substituents is 1. The third kappa shape index (κ3) is 3.30. The number of phenols is 1. The fourth-order valence-corrected chi connectivity index (χ4v) is 3.10. The van der Waals surface area contributed by atoms with Gasteiger partial charge in [-0.1, -0.05) is 38.1 Å². The van der Waals surface area contributed by atoms with Crippen molar-refractivity contribution in [3.63, 3.8) is 0 Å². The number of esters is 1. The number of carbonyl (C=O) groups is 1. The molecule has 0 spiro atoms. The van der Waals surface area contributed by atoms with Gasteiger partial charge in [-0.3, -0.25) is 4.79 Å². The molecule has 0 amide bonds. The zero-order chi connectivity index (χ0) is 18.2. The van der Waals surface area contributed by atoms with Crippen LogP contribution in [0.1, 0.15) is 54.2 Å². The van der Waals surface area contributed by atoms with Crippen molar-refractivity contribution >= 4 is 5.97 Å². The first-order valence-corrected chi connectivity index (χ1v) is 8.15. The predicted molar refractivity (Wildman–Crippen MR) is 96.9 cm³/mol. The summed E-state index contributed by atoms with van der Waals surface area (Å²) >= 11 is 0. The van der Waals surface area contributed by atoms with Crippen molar-refractivity contribution in [3.8, 4) is 11.5 Å². The quantitative estimate of drug-likeness (QED) is 0.646. The third-order valence-electron chi connectivity index (χ3n) is 4.64. The monoisotopic (exact) mass is 326 g/mol. The second-order valence-electron chi connectivity index (χ2n) is 7.12. The Morgan fingerprint density at radius 2 is 1.25 bits per heavy atom. The summed E-state index contributed by atoms with van der Waals surface area (Å²) in [5, 5.41) is 10.0. The van der Waals surface area contributed by atoms with E-state index in [0.29, 0.717) is 11.5 Å². The first kappa shape index (κ1) is 18.1. The number of aryl methyl sites for hydroxylation is 4. The summed E-state index contributed by atoms with van der Waals surface area (Å²) in [5.41, 5.74) is 5.72. The largest absolute Gasteiger partial charge is 0.507 e. The zero-order valence-electron chi connectivity index (χ0n) is 15.6. The summed E-state index contributed by atoms with van der Waals surface area (Å²) in [6.07, 6.45) is 0. The molecule has 0 aliphatic rings. The molecule has 0 aromatic heterocycles. The summed E-state index contributed by atoms with van der Waals surface area (Å²) < 4.78 is 5.33. The van der Waals surface area contributed by atoms with Crippen molar-refractivity contribution in [2.45, 2.75) is 53.9 Å². The highest BCUT2D eigenvalue weighted by molar-refractivity contribution is 5.70. The maximum Gasteiger partial charge on any atom is 0.308 e. The Labute approximate surface area is 144 Å². The molecule has 0 aliphatic carbocycles. The number of rotatable bonds is 3. The van der Waals surface area contributed by atoms with E-state index in [1.54, 1.807) is 0 Å². The first-order chi connectivity index (χ1) is 11.0. The van der Waals surface area contributed by atoms with E-state index in [4.69, 9.17) is 4.74 Å². The van der Waals surface area contributed by atoms with Crippen molar-refractivity contribution in [1.29, 1.82) is 0 Å². The van der Waals surface area contributed by atoms with E-state index in [1.165, 1.54) is 6.92 Å². The van der Waals surface area contributed by atoms with Crippen LogP contribution >= 0.6 is 0 Å². The molecule has 24 heavy (non-hydrogen) atoms. The molecule has 0 saturated carbocycles. The maximum absolute atomic E-state index is 11.3. The van der Waals surface area contributed by atoms with Crippen LogP contribution in [0, 0.1) is 27.7 Å². The average Bonchev–Trinajstić information content (AvgIpc) is 2.47. The molecular weight excluding hydrogens is 300 g/mol. The second-order valence-corrected chi connectivity index (χ2v) is 7.12. The Kier molecular flexibility index (Phi) is 4.75. The maximum atomic E-state index is 11.3. The lowest BCUT2D eigenvalue weighted by atomic mass is 9.76. The van der Waals surface area contributed by atoms with Crippen LogP contribution < -0.4 is 4.74 Å². The van der Waals surface area contributed by atoms with E-state index in [-0.39, 0.29) is 11.4 Å². The fraction of sp³-hybridized carbons (Fsp3) is 0.381. The van der Waals surface area contributed by atoms with Gasteiger partial charge in [0.15, 0.2) is 0 Å². The molecule has 0 unspecified atom stereocenters. The number of carbonyl (C=O) groups excluding carboxylic acids is 1. The van der Waals surface area contributed by atoms with Crippen LogP contribution in [0.3, 0.4) is 0 Å². The summed E-state index contributed by atoms with van der Waals surface area (Å²) in [5.74, 6) is 0.685. The molecule has 2 rings (SSSR count). The number of aromatic hydroxyl groups is 1. The van der Waals surface area contributed by atoms with Crippen molar-refractivity contribution in [2.75, 3.05) is 0 Å². The molecule has 3 heteroatoms. The molecule has 3 nitrogen and oxygen atoms in total. The van der Waals surface area contributed by atoms with Gasteiger partial charge in [0.05, 0.1) is 0 Å². The van der Waals surface area contributed by atoms with Crippen LogP contribution in [-0.2, 0) is 10.2 Å². The van der Waals surface area contributed by atoms with Crippen LogP contribution in [0.4, 0.5) is 0 Å². The van der Waals surface area contributed by atoms with Crippen molar-refractivity contribution in [3.05, 3.63) is 57.6 Å². The van der Waals surface area contributed by atoms with Crippen molar-refractivity contribution < 1.29 is 14.6 Å². The Balaban J connectivity index is 2.56. The van der Waals surface area contributed by atoms with Gasteiger partial charge >= 0.3 is 5.97 Å². The predicted octanol–water partition coefficient (Wildman–Crippen LogP) is 4.88. The van der Waals surface area contributed by atoms with Gasteiger partial charge < -0.3 is 9.84 Å². The minimum Gasteiger partial charge on any atom is -0.507 e. The molecule has 0 heterocycles. The van der Waals surface area contributed by atoms with Gasteiger partial charge in [0.2, 0.25) is 0 Å². The lowest BCUT2D eigenvalue weighted by molar-refractivity contribution is -0.131. The van der Waals surface area contributed by atoms with Crippen molar-refractivity contribution in [1.82, 2.24) is 0 Å². The molecule has 0 saturated heterocycles. The van der Waals surface area contributed by atoms with E-state index < -0.39 is 0 Å². The summed E-state index contributed by atoms with van der Waals surface area (Å²) in [6.45, 7) is 13.5. The second kappa shape index (κ2) is 6.31. The Morgan fingerprint density at radius 3 is 1.62 bits per heavy atom. The average molecular weight is 326 g/mol. The standard InChI is InChI=1S/C21H26O3/c1-12-8-17(9-13(2)19(12)23)21(6,7)18-10-14(3)20(15(4)11-18)24-16(5)22/h8-11,23H,1-7H3. The minimum atomic E-state index is -0.307. The van der Waals surface area contributed by atoms with Crippen LogP contribution in [0.25, 0.3) is 0 Å². The zero-order valence-corrected chi connectivity index (χ0v) is 15.6. The highest BCUT2D eigenvalue weighted by Crippen LogP contribution is 2.38. The number of hydrogen-bond donors (Lipinski definition) is 1. The number of hydrogen-bond acceptors (Lipinski definition) is 3. The molecule has 0 bridgehead atoms. The van der Waals surface area contributed by atoms with Crippen LogP contribution in [0.5, 0.6) is 11.5 Å². The third-order valence-corrected chi connectivity index (χ3v) is 4.64. The highest BCUT2D eigenvalue weighted by Gasteiger charge is 2.26. The number of ether oxygens (including phenoxy) is 1. The van der Waals surface area contributed by atoms with Crippen molar-refractivity contribution in [2.24, 2.45) is 0 Å². The lowest BCUT2D eigenvalue weighted by Gasteiger charge is -2.28. The van der Waals surface area contributed by atoms with E-state index in [9.17, 15) is 9.90 Å². The highest BCUT2D eigenvalue weighted by atomic mass is 16.5. The molecule has 2 aromatic rings. The van der Waals surface area contributed by atoms with Gasteiger partial charge in [0.25, 0.3) is 0 Å². The summed E-state index contributed by atoms with van der Waals surface area (Å²) in [7, 11) is 0. The fourth-order valence-electron chi connectivity index (χ4n) is 3.10. The molecule has 0 atom stereocenters. The van der Waals surface area contributed by atoms with Gasteiger partial charge in [0, 0.05) is 12.3 Å². The van der Waals surface area contributed by atoms with Gasteiger partial charge in [-0.2, -0.15) is 0 Å². The molecule has 0 aliphatic heterocycles. The minimum absolute atomic E-state index is 0.229. The Bertz CT molecular complexity index is 755. The summed E-state index contributed by atoms with van der Waals surface area (Å²) in [4.78, 5) is 11.3. The molecular formula is C21H26O3. The van der Waals surface area contributed by atoms with E-state index in [1.807, 2.05) is 39.8 Å². The molecule has 2 aromatic carbocycles. The van der Waals surface area contributed by atoms with Crippen LogP contribution in [0.15, 0.2) is 24.3 Å². The van der Waals surface area contributed by atoms with Crippen LogP contribution in [-0.4, -0.2) is 11.1 Å². The van der Waals surface area contributed by atoms with E-state index >= 15 is 0 Å². The van der Waals surface area contributed by atoms with Gasteiger partial charge in [0.1, 0.15) is 11.5 Å². The first-order valence-electron chi connectivity index (χ1n) is 8.15. The number of benzene rings is 2. The Morgan fingerprint density at radius 1 is 0.875 bits per heavy atom. The van der Waals surface area contributed by atoms with E-state index in [0.717, 1.165) is 33.4 Å². The summed E-state index contributed by atoms with van der Waals surface area (Å²) in [6, 6.07) is 8.21. The van der Waals surface area contributed by atoms with Crippen LogP contribution in [0.2, 0.25) is 0 Å². The molecule has 128 valence electrons. The molecule has 0 fully saturated rings. The lowest BCUT2D eigenvalue weighted by Crippen LogP contribution is -2.20. The normalized spacial score (nSPS) is 11.5.